The molecule has 4 aromatic rings. The van der Waals surface area contributed by atoms with Gasteiger partial charge in [0, 0.05) is 36.0 Å². The zero-order valence-corrected chi connectivity index (χ0v) is 22.7. The lowest BCUT2D eigenvalue weighted by atomic mass is 9.81. The fourth-order valence-electron chi connectivity index (χ4n) is 5.12. The Morgan fingerprint density at radius 3 is 2.42 bits per heavy atom. The Morgan fingerprint density at radius 1 is 1.00 bits per heavy atom. The van der Waals surface area contributed by atoms with Crippen LogP contribution < -0.4 is 10.6 Å². The van der Waals surface area contributed by atoms with Gasteiger partial charge in [0.1, 0.15) is 17.2 Å². The summed E-state index contributed by atoms with van der Waals surface area (Å²) in [6, 6.07) is 16.9. The Kier molecular flexibility index (Phi) is 7.69. The number of rotatable bonds is 8. The summed E-state index contributed by atoms with van der Waals surface area (Å²) in [5.41, 5.74) is 4.18. The van der Waals surface area contributed by atoms with Gasteiger partial charge in [-0.3, -0.25) is 14.4 Å². The topological polar surface area (TPSA) is 97.6 Å². The van der Waals surface area contributed by atoms with Gasteiger partial charge in [-0.2, -0.15) is 0 Å². The highest BCUT2D eigenvalue weighted by Crippen LogP contribution is 2.38. The van der Waals surface area contributed by atoms with Crippen molar-refractivity contribution in [1.29, 1.82) is 0 Å². The zero-order valence-electron chi connectivity index (χ0n) is 22.7. The third-order valence-corrected chi connectivity index (χ3v) is 7.67. The molecular weight excluding hydrogens is 511 g/mol. The molecule has 2 N–H and O–H groups in total. The van der Waals surface area contributed by atoms with Crippen molar-refractivity contribution in [2.45, 2.75) is 38.6 Å². The lowest BCUT2D eigenvalue weighted by Crippen LogP contribution is -2.45. The molecule has 1 heterocycles. The molecule has 0 radical (unpaired) electrons. The van der Waals surface area contributed by atoms with E-state index in [4.69, 9.17) is 9.15 Å². The quantitative estimate of drug-likeness (QED) is 0.270. The van der Waals surface area contributed by atoms with E-state index < -0.39 is 5.82 Å². The molecule has 0 aliphatic heterocycles. The average molecular weight is 543 g/mol. The minimum Gasteiger partial charge on any atom is -0.469 e. The minimum atomic E-state index is -0.399. The highest BCUT2D eigenvalue weighted by molar-refractivity contribution is 6.12. The largest absolute Gasteiger partial charge is 0.469 e. The number of fused-ring (bicyclic) bond motifs is 1. The predicted molar refractivity (Wildman–Crippen MR) is 150 cm³/mol. The van der Waals surface area contributed by atoms with Crippen molar-refractivity contribution in [3.8, 4) is 22.5 Å². The first-order valence-corrected chi connectivity index (χ1v) is 13.3. The lowest BCUT2D eigenvalue weighted by Gasteiger charge is -2.34. The van der Waals surface area contributed by atoms with E-state index >= 15 is 0 Å². The van der Waals surface area contributed by atoms with Gasteiger partial charge in [0.05, 0.1) is 12.7 Å². The van der Waals surface area contributed by atoms with Crippen LogP contribution in [0.3, 0.4) is 0 Å². The van der Waals surface area contributed by atoms with Gasteiger partial charge in [0.25, 0.3) is 11.8 Å². The lowest BCUT2D eigenvalue weighted by molar-refractivity contribution is -0.140. The average Bonchev–Trinajstić information content (AvgIpc) is 3.35. The summed E-state index contributed by atoms with van der Waals surface area (Å²) in [4.78, 5) is 38.1. The smallest absolute Gasteiger partial charge is 0.305 e. The van der Waals surface area contributed by atoms with Crippen LogP contribution in [0.1, 0.15) is 52.5 Å². The van der Waals surface area contributed by atoms with Crippen LogP contribution >= 0.6 is 0 Å². The van der Waals surface area contributed by atoms with E-state index in [1.165, 1.54) is 26.3 Å². The van der Waals surface area contributed by atoms with E-state index in [0.29, 0.717) is 45.8 Å². The molecule has 3 aromatic carbocycles. The Bertz CT molecular complexity index is 1590. The molecule has 1 aliphatic rings. The summed E-state index contributed by atoms with van der Waals surface area (Å²) in [6.07, 6.45) is 2.57. The van der Waals surface area contributed by atoms with Gasteiger partial charge < -0.3 is 19.8 Å². The molecule has 2 unspecified atom stereocenters. The van der Waals surface area contributed by atoms with Gasteiger partial charge in [-0.15, -0.1) is 0 Å². The molecule has 0 bridgehead atoms. The molecule has 2 atom stereocenters. The Labute approximate surface area is 231 Å². The standard InChI is InChI=1S/C32H31FN2O5/c1-18-7-13-26(18)35-31(37)22-6-4-5-20(15-22)24-17-25-27(16-21(24)10-14-28(36)39-3)40-30(29(25)32(38)34-2)19-8-11-23(33)12-9-19/h4-6,8-9,11-12,15-18,26H,7,10,13-14H2,1-3H3,(H,34,38)(H,35,37). The SMILES string of the molecule is CNC(=O)c1c(-c2ccc(F)cc2)oc2cc(CCC(=O)OC)c(-c3cccc(C(=O)NC4CCC4C)c3)cc12. The van der Waals surface area contributed by atoms with Crippen LogP contribution in [0.2, 0.25) is 0 Å². The van der Waals surface area contributed by atoms with Crippen LogP contribution in [0.25, 0.3) is 33.4 Å². The van der Waals surface area contributed by atoms with Crippen LogP contribution in [0.15, 0.2) is 65.1 Å². The fraction of sp³-hybridized carbons (Fsp3) is 0.281. The van der Waals surface area contributed by atoms with Crippen molar-refractivity contribution in [2.75, 3.05) is 14.2 Å². The number of ether oxygens (including phenoxy) is 1. The summed E-state index contributed by atoms with van der Waals surface area (Å²) in [6.45, 7) is 2.13. The highest BCUT2D eigenvalue weighted by Gasteiger charge is 2.28. The van der Waals surface area contributed by atoms with Crippen molar-refractivity contribution in [2.24, 2.45) is 5.92 Å². The summed E-state index contributed by atoms with van der Waals surface area (Å²) in [5, 5.41) is 6.35. The van der Waals surface area contributed by atoms with Gasteiger partial charge in [-0.25, -0.2) is 4.39 Å². The Balaban J connectivity index is 1.64. The van der Waals surface area contributed by atoms with E-state index in [9.17, 15) is 18.8 Å². The normalized spacial score (nSPS) is 16.3. The first kappa shape index (κ1) is 27.1. The predicted octanol–water partition coefficient (Wildman–Crippen LogP) is 5.90. The second kappa shape index (κ2) is 11.3. The monoisotopic (exact) mass is 542 g/mol. The van der Waals surface area contributed by atoms with Crippen molar-refractivity contribution >= 4 is 28.8 Å². The minimum absolute atomic E-state index is 0.136. The summed E-state index contributed by atoms with van der Waals surface area (Å²) < 4.78 is 24.7. The van der Waals surface area contributed by atoms with Crippen LogP contribution in [-0.2, 0) is 16.0 Å². The van der Waals surface area contributed by atoms with Crippen LogP contribution in [0.5, 0.6) is 0 Å². The number of benzene rings is 3. The molecular formula is C32H31FN2O5. The van der Waals surface area contributed by atoms with Gasteiger partial charge >= 0.3 is 5.97 Å². The Hall–Kier alpha value is -4.46. The van der Waals surface area contributed by atoms with Crippen LogP contribution in [0, 0.1) is 11.7 Å². The number of amides is 2. The maximum absolute atomic E-state index is 13.6. The molecule has 1 fully saturated rings. The molecule has 40 heavy (non-hydrogen) atoms. The van der Waals surface area contributed by atoms with Crippen LogP contribution in [-0.4, -0.2) is 38.0 Å². The van der Waals surface area contributed by atoms with Gasteiger partial charge in [0.2, 0.25) is 0 Å². The number of halogens is 1. The summed E-state index contributed by atoms with van der Waals surface area (Å²) in [5.74, 6) is -0.472. The second-order valence-corrected chi connectivity index (χ2v) is 10.2. The molecule has 0 spiro atoms. The molecule has 1 aliphatic carbocycles. The van der Waals surface area contributed by atoms with Crippen LogP contribution in [0.4, 0.5) is 4.39 Å². The van der Waals surface area contributed by atoms with Gasteiger partial charge in [0.15, 0.2) is 0 Å². The van der Waals surface area contributed by atoms with Crippen molar-refractivity contribution in [3.05, 3.63) is 83.2 Å². The number of hydrogen-bond donors (Lipinski definition) is 2. The zero-order chi connectivity index (χ0) is 28.4. The van der Waals surface area contributed by atoms with Crippen molar-refractivity contribution < 1.29 is 27.9 Å². The number of carbonyl (C=O) groups is 3. The molecule has 2 amide bonds. The molecule has 0 saturated heterocycles. The number of methoxy groups -OCH3 is 1. The fourth-order valence-corrected chi connectivity index (χ4v) is 5.12. The number of nitrogens with one attached hydrogen (secondary N) is 2. The number of furan rings is 1. The molecule has 7 nitrogen and oxygen atoms in total. The first-order chi connectivity index (χ1) is 19.3. The number of esters is 1. The van der Waals surface area contributed by atoms with Crippen molar-refractivity contribution in [3.63, 3.8) is 0 Å². The molecule has 1 saturated carbocycles. The van der Waals surface area contributed by atoms with E-state index in [1.807, 2.05) is 30.3 Å². The van der Waals surface area contributed by atoms with E-state index in [2.05, 4.69) is 17.6 Å². The Morgan fingerprint density at radius 2 is 1.77 bits per heavy atom. The van der Waals surface area contributed by atoms with Crippen molar-refractivity contribution in [1.82, 2.24) is 10.6 Å². The summed E-state index contributed by atoms with van der Waals surface area (Å²) >= 11 is 0. The number of aryl methyl sites for hydroxylation is 1. The highest BCUT2D eigenvalue weighted by atomic mass is 19.1. The van der Waals surface area contributed by atoms with Gasteiger partial charge in [-0.1, -0.05) is 19.1 Å². The second-order valence-electron chi connectivity index (χ2n) is 10.2. The molecule has 8 heteroatoms. The first-order valence-electron chi connectivity index (χ1n) is 13.3. The third-order valence-electron chi connectivity index (χ3n) is 7.67. The molecule has 1 aromatic heterocycles. The maximum atomic E-state index is 13.6. The van der Waals surface area contributed by atoms with E-state index in [1.54, 1.807) is 18.2 Å². The number of hydrogen-bond acceptors (Lipinski definition) is 5. The maximum Gasteiger partial charge on any atom is 0.305 e. The van der Waals surface area contributed by atoms with E-state index in [-0.39, 0.29) is 30.2 Å². The van der Waals surface area contributed by atoms with Gasteiger partial charge in [-0.05, 0) is 90.4 Å². The molecule has 206 valence electrons. The summed E-state index contributed by atoms with van der Waals surface area (Å²) in [7, 11) is 2.88. The third kappa shape index (κ3) is 5.34. The molecule has 5 rings (SSSR count). The number of carbonyl (C=O) groups excluding carboxylic acids is 3. The van der Waals surface area contributed by atoms with E-state index in [0.717, 1.165) is 29.5 Å².